The number of hydrogen-bond donors (Lipinski definition) is 0. The molecular formula is C33H29F4NS. The second-order valence-electron chi connectivity index (χ2n) is 9.83. The molecule has 200 valence electrons. The van der Waals surface area contributed by atoms with E-state index in [2.05, 4.69) is 36.0 Å². The van der Waals surface area contributed by atoms with Crippen LogP contribution in [0.25, 0.3) is 11.7 Å². The Morgan fingerprint density at radius 1 is 0.923 bits per heavy atom. The predicted molar refractivity (Wildman–Crippen MR) is 153 cm³/mol. The first-order valence-corrected chi connectivity index (χ1v) is 13.6. The lowest BCUT2D eigenvalue weighted by Gasteiger charge is -2.25. The molecular weight excluding hydrogens is 518 g/mol. The Hall–Kier alpha value is -3.52. The highest BCUT2D eigenvalue weighted by molar-refractivity contribution is 7.78. The largest absolute Gasteiger partial charge is 0.204 e. The van der Waals surface area contributed by atoms with Crippen molar-refractivity contribution in [2.45, 2.75) is 58.8 Å². The number of nitrogens with zero attached hydrogens (tertiary/aromatic N) is 1. The van der Waals surface area contributed by atoms with E-state index < -0.39 is 29.0 Å². The Bertz CT molecular complexity index is 1500. The first-order chi connectivity index (χ1) is 18.8. The van der Waals surface area contributed by atoms with Crippen molar-refractivity contribution in [1.82, 2.24) is 0 Å². The fourth-order valence-corrected chi connectivity index (χ4v) is 5.13. The van der Waals surface area contributed by atoms with Gasteiger partial charge in [-0.3, -0.25) is 0 Å². The molecule has 3 aromatic carbocycles. The van der Waals surface area contributed by atoms with Crippen molar-refractivity contribution < 1.29 is 17.6 Å². The van der Waals surface area contributed by atoms with Crippen LogP contribution >= 0.6 is 12.2 Å². The molecule has 0 aliphatic heterocycles. The molecule has 0 bridgehead atoms. The first-order valence-electron chi connectivity index (χ1n) is 13.2. The molecule has 3 aromatic rings. The number of unbranched alkanes of at least 4 members (excludes halogenated alkanes) is 1. The van der Waals surface area contributed by atoms with Crippen molar-refractivity contribution in [3.05, 3.63) is 99.1 Å². The van der Waals surface area contributed by atoms with Crippen LogP contribution in [0.4, 0.5) is 23.2 Å². The van der Waals surface area contributed by atoms with E-state index >= 15 is 8.78 Å². The summed E-state index contributed by atoms with van der Waals surface area (Å²) in [6.45, 7) is 4.07. The maximum atomic E-state index is 15.3. The Morgan fingerprint density at radius 2 is 1.62 bits per heavy atom. The van der Waals surface area contributed by atoms with Crippen LogP contribution in [0.2, 0.25) is 0 Å². The van der Waals surface area contributed by atoms with Gasteiger partial charge in [-0.15, -0.1) is 0 Å². The lowest BCUT2D eigenvalue weighted by molar-refractivity contribution is 0.413. The van der Waals surface area contributed by atoms with E-state index in [4.69, 9.17) is 0 Å². The highest BCUT2D eigenvalue weighted by Crippen LogP contribution is 2.34. The van der Waals surface area contributed by atoms with Gasteiger partial charge >= 0.3 is 0 Å². The average molecular weight is 548 g/mol. The third-order valence-corrected chi connectivity index (χ3v) is 7.30. The summed E-state index contributed by atoms with van der Waals surface area (Å²) in [4.78, 5) is 3.38. The van der Waals surface area contributed by atoms with E-state index in [1.165, 1.54) is 30.9 Å². The maximum absolute atomic E-state index is 15.3. The summed E-state index contributed by atoms with van der Waals surface area (Å²) in [6.07, 6.45) is 7.09. The van der Waals surface area contributed by atoms with E-state index in [1.54, 1.807) is 24.3 Å². The Labute approximate surface area is 232 Å². The predicted octanol–water partition coefficient (Wildman–Crippen LogP) is 9.72. The van der Waals surface area contributed by atoms with E-state index in [-0.39, 0.29) is 16.7 Å². The molecule has 39 heavy (non-hydrogen) atoms. The monoisotopic (exact) mass is 547 g/mol. The molecule has 0 radical (unpaired) electrons. The van der Waals surface area contributed by atoms with Gasteiger partial charge in [-0.25, -0.2) is 17.6 Å². The van der Waals surface area contributed by atoms with Crippen LogP contribution in [-0.2, 0) is 19.3 Å². The molecule has 0 amide bonds. The van der Waals surface area contributed by atoms with E-state index in [0.29, 0.717) is 23.5 Å². The standard InChI is InChI=1S/C33H29F4NS/c1-3-5-6-21-7-10-26-19-28(14-12-25(26)15-21)32(37)31(36)27-13-11-24(23(4-2)18-27)9-8-22-16-29(34)33(38-20-39)30(35)17-22/h11-14,16-19,21H,3-7,10,15H2,1-2H3/b32-31+. The average Bonchev–Trinajstić information content (AvgIpc) is 2.95. The fraction of sp³-hybridized carbons (Fsp3) is 0.303. The van der Waals surface area contributed by atoms with Gasteiger partial charge in [0.25, 0.3) is 0 Å². The summed E-state index contributed by atoms with van der Waals surface area (Å²) in [6, 6.07) is 12.1. The number of benzene rings is 3. The molecule has 0 saturated heterocycles. The van der Waals surface area contributed by atoms with E-state index in [0.717, 1.165) is 37.0 Å². The number of halogens is 4. The molecule has 0 spiro atoms. The number of isothiocyanates is 1. The van der Waals surface area contributed by atoms with Crippen molar-refractivity contribution in [3.63, 3.8) is 0 Å². The lowest BCUT2D eigenvalue weighted by Crippen LogP contribution is -2.14. The summed E-state index contributed by atoms with van der Waals surface area (Å²) in [5.74, 6) is 2.65. The van der Waals surface area contributed by atoms with Gasteiger partial charge in [0.2, 0.25) is 0 Å². The zero-order chi connectivity index (χ0) is 27.9. The van der Waals surface area contributed by atoms with Crippen molar-refractivity contribution in [3.8, 4) is 11.8 Å². The van der Waals surface area contributed by atoms with Crippen molar-refractivity contribution >= 4 is 34.7 Å². The third-order valence-electron chi connectivity index (χ3n) is 7.20. The molecule has 0 heterocycles. The summed E-state index contributed by atoms with van der Waals surface area (Å²) < 4.78 is 58.8. The van der Waals surface area contributed by atoms with Gasteiger partial charge in [0, 0.05) is 22.3 Å². The second-order valence-corrected chi connectivity index (χ2v) is 10.0. The minimum absolute atomic E-state index is 0.112. The van der Waals surface area contributed by atoms with Gasteiger partial charge in [0.05, 0.1) is 5.16 Å². The topological polar surface area (TPSA) is 12.4 Å². The van der Waals surface area contributed by atoms with Crippen LogP contribution in [0.15, 0.2) is 53.5 Å². The molecule has 4 rings (SSSR count). The van der Waals surface area contributed by atoms with Gasteiger partial charge < -0.3 is 0 Å². The SMILES string of the molecule is CCCCC1CCc2cc(/C(F)=C(\F)c3ccc(C#Cc4cc(F)c(N=C=S)c(F)c4)c(CC)c3)ccc2C1. The third kappa shape index (κ3) is 6.74. The van der Waals surface area contributed by atoms with Crippen LogP contribution in [0, 0.1) is 29.4 Å². The first kappa shape index (κ1) is 28.5. The summed E-state index contributed by atoms with van der Waals surface area (Å²) in [7, 11) is 0. The number of thiocarbonyl (C=S) groups is 1. The second kappa shape index (κ2) is 13.0. The Kier molecular flexibility index (Phi) is 9.51. The van der Waals surface area contributed by atoms with Gasteiger partial charge in [-0.1, -0.05) is 63.1 Å². The molecule has 1 nitrogen and oxygen atoms in total. The van der Waals surface area contributed by atoms with E-state index in [1.807, 2.05) is 18.2 Å². The smallest absolute Gasteiger partial charge is 0.166 e. The summed E-state index contributed by atoms with van der Waals surface area (Å²) in [5.41, 5.74) is 3.53. The van der Waals surface area contributed by atoms with Crippen molar-refractivity contribution in [2.24, 2.45) is 10.9 Å². The zero-order valence-corrected chi connectivity index (χ0v) is 22.8. The summed E-state index contributed by atoms with van der Waals surface area (Å²) >= 11 is 4.41. The van der Waals surface area contributed by atoms with Crippen LogP contribution in [-0.4, -0.2) is 5.16 Å². The molecule has 1 atom stereocenters. The minimum Gasteiger partial charge on any atom is -0.204 e. The summed E-state index contributed by atoms with van der Waals surface area (Å²) in [5, 5.41) is 1.94. The fourth-order valence-electron chi connectivity index (χ4n) is 5.03. The van der Waals surface area contributed by atoms with Crippen LogP contribution in [0.1, 0.15) is 78.5 Å². The number of rotatable bonds is 7. The van der Waals surface area contributed by atoms with Gasteiger partial charge in [0.15, 0.2) is 23.3 Å². The minimum atomic E-state index is -0.931. The molecule has 0 N–H and O–H groups in total. The highest BCUT2D eigenvalue weighted by atomic mass is 32.1. The molecule has 0 aromatic heterocycles. The zero-order valence-electron chi connectivity index (χ0n) is 22.0. The van der Waals surface area contributed by atoms with Gasteiger partial charge in [0.1, 0.15) is 5.69 Å². The molecule has 1 aliphatic carbocycles. The highest BCUT2D eigenvalue weighted by Gasteiger charge is 2.20. The van der Waals surface area contributed by atoms with Crippen LogP contribution < -0.4 is 0 Å². The molecule has 0 saturated carbocycles. The van der Waals surface area contributed by atoms with Gasteiger partial charge in [-0.2, -0.15) is 4.99 Å². The van der Waals surface area contributed by atoms with E-state index in [9.17, 15) is 8.78 Å². The lowest BCUT2D eigenvalue weighted by atomic mass is 9.81. The number of hydrogen-bond acceptors (Lipinski definition) is 2. The number of fused-ring (bicyclic) bond motifs is 1. The van der Waals surface area contributed by atoms with Gasteiger partial charge in [-0.05, 0) is 90.8 Å². The maximum Gasteiger partial charge on any atom is 0.166 e. The Balaban J connectivity index is 1.58. The van der Waals surface area contributed by atoms with Crippen molar-refractivity contribution in [1.29, 1.82) is 0 Å². The molecule has 1 aliphatic rings. The molecule has 6 heteroatoms. The Morgan fingerprint density at radius 3 is 2.28 bits per heavy atom. The normalized spacial score (nSPS) is 15.0. The molecule has 0 fully saturated rings. The van der Waals surface area contributed by atoms with Crippen molar-refractivity contribution in [2.75, 3.05) is 0 Å². The number of aliphatic imine (C=N–C) groups is 1. The number of aryl methyl sites for hydroxylation is 2. The molecule has 1 unspecified atom stereocenters. The van der Waals surface area contributed by atoms with Crippen LogP contribution in [0.5, 0.6) is 0 Å². The quantitative estimate of drug-likeness (QED) is 0.0943. The van der Waals surface area contributed by atoms with Crippen LogP contribution in [0.3, 0.4) is 0 Å².